The van der Waals surface area contributed by atoms with Gasteiger partial charge in [0, 0.05) is 23.4 Å². The fourth-order valence-corrected chi connectivity index (χ4v) is 4.16. The Morgan fingerprint density at radius 1 is 0.971 bits per heavy atom. The fraction of sp³-hybridized carbons (Fsp3) is 0.222. The second-order valence-corrected chi connectivity index (χ2v) is 8.56. The van der Waals surface area contributed by atoms with E-state index in [1.54, 1.807) is 17.0 Å². The zero-order valence-electron chi connectivity index (χ0n) is 19.2. The summed E-state index contributed by atoms with van der Waals surface area (Å²) in [7, 11) is 1.33. The summed E-state index contributed by atoms with van der Waals surface area (Å²) in [5.41, 5.74) is 4.12. The Morgan fingerprint density at radius 3 is 2.24 bits per heavy atom. The van der Waals surface area contributed by atoms with Gasteiger partial charge < -0.3 is 15.0 Å². The topological polar surface area (TPSA) is 75.7 Å². The van der Waals surface area contributed by atoms with E-state index in [-0.39, 0.29) is 17.7 Å². The molecule has 174 valence electrons. The molecule has 0 radical (unpaired) electrons. The first-order valence-corrected chi connectivity index (χ1v) is 11.0. The highest BCUT2D eigenvalue weighted by Crippen LogP contribution is 2.32. The molecule has 2 amide bonds. The van der Waals surface area contributed by atoms with Crippen LogP contribution in [-0.2, 0) is 16.1 Å². The molecule has 0 aromatic heterocycles. The van der Waals surface area contributed by atoms with Crippen molar-refractivity contribution in [1.82, 2.24) is 4.90 Å². The van der Waals surface area contributed by atoms with Gasteiger partial charge in [-0.3, -0.25) is 9.59 Å². The minimum atomic E-state index is -0.641. The van der Waals surface area contributed by atoms with E-state index in [1.165, 1.54) is 31.4 Å². The standard InChI is InChI=1S/C27H25FN2O4/c1-16(2)24(27(33)34-3)30-15-20-5-4-19(14-23(20)26(30)32)17-8-12-22(13-9-17)29-25(31)18-6-10-21(28)11-7-18/h4-14,16,24H,15H2,1-3H3,(H,29,31). The van der Waals surface area contributed by atoms with E-state index in [0.29, 0.717) is 23.4 Å². The minimum Gasteiger partial charge on any atom is -0.467 e. The molecule has 0 spiro atoms. The molecular formula is C27H25FN2O4. The van der Waals surface area contributed by atoms with Gasteiger partial charge in [-0.25, -0.2) is 9.18 Å². The Labute approximate surface area is 197 Å². The van der Waals surface area contributed by atoms with Gasteiger partial charge in [-0.15, -0.1) is 0 Å². The van der Waals surface area contributed by atoms with Crippen molar-refractivity contribution in [2.45, 2.75) is 26.4 Å². The van der Waals surface area contributed by atoms with Crippen molar-refractivity contribution in [2.24, 2.45) is 5.92 Å². The number of amides is 2. The van der Waals surface area contributed by atoms with Crippen molar-refractivity contribution >= 4 is 23.5 Å². The summed E-state index contributed by atoms with van der Waals surface area (Å²) in [6.07, 6.45) is 0. The molecule has 0 aliphatic carbocycles. The quantitative estimate of drug-likeness (QED) is 0.531. The molecule has 3 aromatic rings. The number of nitrogens with zero attached hydrogens (tertiary/aromatic N) is 1. The van der Waals surface area contributed by atoms with Gasteiger partial charge in [0.1, 0.15) is 11.9 Å². The lowest BCUT2D eigenvalue weighted by Crippen LogP contribution is -2.45. The third kappa shape index (κ3) is 4.55. The molecule has 34 heavy (non-hydrogen) atoms. The molecular weight excluding hydrogens is 435 g/mol. The third-order valence-corrected chi connectivity index (χ3v) is 5.93. The maximum atomic E-state index is 13.1. The van der Waals surface area contributed by atoms with Crippen molar-refractivity contribution in [3.05, 3.63) is 89.2 Å². The molecule has 1 aliphatic heterocycles. The largest absolute Gasteiger partial charge is 0.467 e. The zero-order valence-corrected chi connectivity index (χ0v) is 19.2. The first kappa shape index (κ1) is 23.2. The van der Waals surface area contributed by atoms with Gasteiger partial charge in [-0.05, 0) is 65.1 Å². The van der Waals surface area contributed by atoms with Crippen LogP contribution in [0.2, 0.25) is 0 Å². The highest BCUT2D eigenvalue weighted by molar-refractivity contribution is 6.04. The summed E-state index contributed by atoms with van der Waals surface area (Å²) in [4.78, 5) is 39.3. The number of carbonyl (C=O) groups is 3. The Bertz CT molecular complexity index is 1240. The average molecular weight is 461 g/mol. The number of nitrogens with one attached hydrogen (secondary N) is 1. The van der Waals surface area contributed by atoms with Crippen LogP contribution >= 0.6 is 0 Å². The lowest BCUT2D eigenvalue weighted by atomic mass is 10.00. The Balaban J connectivity index is 1.51. The number of benzene rings is 3. The van der Waals surface area contributed by atoms with E-state index in [4.69, 9.17) is 4.74 Å². The summed E-state index contributed by atoms with van der Waals surface area (Å²) in [6, 6.07) is 17.6. The number of rotatable bonds is 6. The molecule has 1 aliphatic rings. The summed E-state index contributed by atoms with van der Waals surface area (Å²) in [5, 5.41) is 2.78. The van der Waals surface area contributed by atoms with Crippen LogP contribution in [0.25, 0.3) is 11.1 Å². The number of hydrogen-bond donors (Lipinski definition) is 1. The number of anilines is 1. The highest BCUT2D eigenvalue weighted by Gasteiger charge is 2.38. The predicted molar refractivity (Wildman–Crippen MR) is 127 cm³/mol. The highest BCUT2D eigenvalue weighted by atomic mass is 19.1. The monoisotopic (exact) mass is 460 g/mol. The van der Waals surface area contributed by atoms with Crippen LogP contribution < -0.4 is 5.32 Å². The van der Waals surface area contributed by atoms with Crippen LogP contribution in [0.3, 0.4) is 0 Å². The van der Waals surface area contributed by atoms with Crippen LogP contribution in [0.4, 0.5) is 10.1 Å². The van der Waals surface area contributed by atoms with Gasteiger partial charge in [-0.2, -0.15) is 0 Å². The number of ether oxygens (including phenoxy) is 1. The smallest absolute Gasteiger partial charge is 0.328 e. The van der Waals surface area contributed by atoms with Crippen molar-refractivity contribution in [3.63, 3.8) is 0 Å². The molecule has 3 aromatic carbocycles. The van der Waals surface area contributed by atoms with E-state index in [1.807, 2.05) is 44.2 Å². The minimum absolute atomic E-state index is 0.0807. The second kappa shape index (κ2) is 9.47. The lowest BCUT2D eigenvalue weighted by molar-refractivity contribution is -0.147. The number of carbonyl (C=O) groups excluding carboxylic acids is 3. The molecule has 0 saturated carbocycles. The number of methoxy groups -OCH3 is 1. The first-order chi connectivity index (χ1) is 16.3. The zero-order chi connectivity index (χ0) is 24.4. The number of halogens is 1. The third-order valence-electron chi connectivity index (χ3n) is 5.93. The van der Waals surface area contributed by atoms with Crippen molar-refractivity contribution < 1.29 is 23.5 Å². The summed E-state index contributed by atoms with van der Waals surface area (Å²) >= 11 is 0. The van der Waals surface area contributed by atoms with Gasteiger partial charge in [-0.1, -0.05) is 38.1 Å². The molecule has 6 nitrogen and oxygen atoms in total. The van der Waals surface area contributed by atoms with Crippen molar-refractivity contribution in [3.8, 4) is 11.1 Å². The van der Waals surface area contributed by atoms with E-state index >= 15 is 0 Å². The van der Waals surface area contributed by atoms with Crippen molar-refractivity contribution in [2.75, 3.05) is 12.4 Å². The Morgan fingerprint density at radius 2 is 1.62 bits per heavy atom. The summed E-state index contributed by atoms with van der Waals surface area (Å²) < 4.78 is 18.0. The molecule has 1 N–H and O–H groups in total. The maximum Gasteiger partial charge on any atom is 0.328 e. The maximum absolute atomic E-state index is 13.1. The van der Waals surface area contributed by atoms with Gasteiger partial charge in [0.05, 0.1) is 7.11 Å². The summed E-state index contributed by atoms with van der Waals surface area (Å²) in [5.74, 6) is -1.43. The predicted octanol–water partition coefficient (Wildman–Crippen LogP) is 4.90. The molecule has 1 heterocycles. The van der Waals surface area contributed by atoms with Crippen LogP contribution in [-0.4, -0.2) is 35.8 Å². The number of hydrogen-bond acceptors (Lipinski definition) is 4. The first-order valence-electron chi connectivity index (χ1n) is 11.0. The van der Waals surface area contributed by atoms with Crippen LogP contribution in [0, 0.1) is 11.7 Å². The normalized spacial score (nSPS) is 13.6. The van der Waals surface area contributed by atoms with Crippen LogP contribution in [0.5, 0.6) is 0 Å². The van der Waals surface area contributed by atoms with Crippen LogP contribution in [0.15, 0.2) is 66.7 Å². The molecule has 1 atom stereocenters. The Hall–Kier alpha value is -4.00. The van der Waals surface area contributed by atoms with Crippen LogP contribution in [0.1, 0.15) is 40.1 Å². The number of fused-ring (bicyclic) bond motifs is 1. The molecule has 0 fully saturated rings. The molecule has 0 saturated heterocycles. The fourth-order valence-electron chi connectivity index (χ4n) is 4.16. The Kier molecular flexibility index (Phi) is 6.45. The van der Waals surface area contributed by atoms with Gasteiger partial charge in [0.2, 0.25) is 0 Å². The molecule has 4 rings (SSSR count). The van der Waals surface area contributed by atoms with E-state index in [9.17, 15) is 18.8 Å². The second-order valence-electron chi connectivity index (χ2n) is 8.56. The van der Waals surface area contributed by atoms with Gasteiger partial charge in [0.25, 0.3) is 11.8 Å². The van der Waals surface area contributed by atoms with Gasteiger partial charge >= 0.3 is 5.97 Å². The lowest BCUT2D eigenvalue weighted by Gasteiger charge is -2.28. The SMILES string of the molecule is COC(=O)C(C(C)C)N1Cc2ccc(-c3ccc(NC(=O)c4ccc(F)cc4)cc3)cc2C1=O. The summed E-state index contributed by atoms with van der Waals surface area (Å²) in [6.45, 7) is 4.14. The molecule has 1 unspecified atom stereocenters. The van der Waals surface area contributed by atoms with Gasteiger partial charge in [0.15, 0.2) is 0 Å². The van der Waals surface area contributed by atoms with E-state index in [0.717, 1.165) is 16.7 Å². The number of esters is 1. The van der Waals surface area contributed by atoms with Crippen molar-refractivity contribution in [1.29, 1.82) is 0 Å². The van der Waals surface area contributed by atoms with E-state index < -0.39 is 17.8 Å². The average Bonchev–Trinajstić information content (AvgIpc) is 3.15. The molecule has 7 heteroatoms. The molecule has 0 bridgehead atoms. The van der Waals surface area contributed by atoms with E-state index in [2.05, 4.69) is 5.32 Å².